The topological polar surface area (TPSA) is 125 Å². The van der Waals surface area contributed by atoms with E-state index in [4.69, 9.17) is 14.2 Å². The SMILES string of the molecule is CC(=O)OC[C@H]1OC(=O)[C@H](OC(C)=O)[C@@H](OC(C)=O)[C@@H]1O. The Kier molecular flexibility index (Phi) is 5.65. The van der Waals surface area contributed by atoms with Crippen LogP contribution in [0.1, 0.15) is 20.8 Å². The molecule has 0 bridgehead atoms. The van der Waals surface area contributed by atoms with Crippen molar-refractivity contribution in [3.63, 3.8) is 0 Å². The van der Waals surface area contributed by atoms with Crippen LogP contribution in [-0.4, -0.2) is 60.0 Å². The predicted octanol–water partition coefficient (Wildman–Crippen LogP) is -1.30. The molecule has 0 aromatic rings. The zero-order chi connectivity index (χ0) is 16.2. The number of esters is 4. The molecule has 0 spiro atoms. The van der Waals surface area contributed by atoms with E-state index in [0.29, 0.717) is 0 Å². The number of carbonyl (C=O) groups is 4. The van der Waals surface area contributed by atoms with Crippen LogP contribution in [0.2, 0.25) is 0 Å². The summed E-state index contributed by atoms with van der Waals surface area (Å²) in [6.07, 6.45) is -5.74. The molecule has 118 valence electrons. The van der Waals surface area contributed by atoms with Crippen molar-refractivity contribution in [1.29, 1.82) is 0 Å². The van der Waals surface area contributed by atoms with Crippen molar-refractivity contribution in [2.45, 2.75) is 45.2 Å². The van der Waals surface area contributed by atoms with Gasteiger partial charge in [0.1, 0.15) is 12.7 Å². The highest BCUT2D eigenvalue weighted by molar-refractivity contribution is 5.81. The lowest BCUT2D eigenvalue weighted by atomic mass is 9.99. The van der Waals surface area contributed by atoms with Gasteiger partial charge in [0.2, 0.25) is 6.10 Å². The molecule has 1 rings (SSSR count). The van der Waals surface area contributed by atoms with E-state index < -0.39 is 54.9 Å². The van der Waals surface area contributed by atoms with E-state index in [-0.39, 0.29) is 0 Å². The molecule has 21 heavy (non-hydrogen) atoms. The third kappa shape index (κ3) is 4.71. The van der Waals surface area contributed by atoms with Gasteiger partial charge in [0.25, 0.3) is 0 Å². The van der Waals surface area contributed by atoms with Gasteiger partial charge in [0.15, 0.2) is 12.2 Å². The van der Waals surface area contributed by atoms with E-state index in [0.717, 1.165) is 20.8 Å². The average Bonchev–Trinajstić information content (AvgIpc) is 2.35. The highest BCUT2D eigenvalue weighted by Crippen LogP contribution is 2.23. The van der Waals surface area contributed by atoms with Gasteiger partial charge in [-0.3, -0.25) is 14.4 Å². The van der Waals surface area contributed by atoms with Crippen molar-refractivity contribution in [3.8, 4) is 0 Å². The molecule has 0 aromatic carbocycles. The average molecular weight is 304 g/mol. The van der Waals surface area contributed by atoms with Crippen LogP contribution in [0, 0.1) is 0 Å². The van der Waals surface area contributed by atoms with Crippen molar-refractivity contribution >= 4 is 23.9 Å². The summed E-state index contributed by atoms with van der Waals surface area (Å²) in [4.78, 5) is 44.6. The second-order valence-electron chi connectivity index (χ2n) is 4.37. The number of rotatable bonds is 4. The molecule has 9 nitrogen and oxygen atoms in total. The number of hydrogen-bond acceptors (Lipinski definition) is 9. The monoisotopic (exact) mass is 304 g/mol. The van der Waals surface area contributed by atoms with E-state index in [1.54, 1.807) is 0 Å². The highest BCUT2D eigenvalue weighted by atomic mass is 16.6. The van der Waals surface area contributed by atoms with Gasteiger partial charge in [-0.2, -0.15) is 0 Å². The maximum atomic E-state index is 11.8. The van der Waals surface area contributed by atoms with E-state index >= 15 is 0 Å². The fourth-order valence-corrected chi connectivity index (χ4v) is 1.76. The minimum absolute atomic E-state index is 0.410. The first-order valence-corrected chi connectivity index (χ1v) is 6.08. The van der Waals surface area contributed by atoms with Crippen LogP contribution in [0.15, 0.2) is 0 Å². The normalized spacial score (nSPS) is 28.3. The van der Waals surface area contributed by atoms with Crippen LogP contribution < -0.4 is 0 Å². The molecule has 0 unspecified atom stereocenters. The molecule has 4 atom stereocenters. The lowest BCUT2D eigenvalue weighted by Gasteiger charge is -2.37. The number of hydrogen-bond donors (Lipinski definition) is 1. The third-order valence-corrected chi connectivity index (χ3v) is 2.56. The van der Waals surface area contributed by atoms with Gasteiger partial charge < -0.3 is 24.1 Å². The summed E-state index contributed by atoms with van der Waals surface area (Å²) >= 11 is 0. The van der Waals surface area contributed by atoms with Gasteiger partial charge in [0, 0.05) is 20.8 Å². The fourth-order valence-electron chi connectivity index (χ4n) is 1.76. The molecule has 0 amide bonds. The Morgan fingerprint density at radius 2 is 1.67 bits per heavy atom. The first-order valence-electron chi connectivity index (χ1n) is 6.08. The maximum Gasteiger partial charge on any atom is 0.352 e. The number of cyclic esters (lactones) is 1. The molecular formula is C12H16O9. The van der Waals surface area contributed by atoms with Crippen molar-refractivity contribution in [2.75, 3.05) is 6.61 Å². The maximum absolute atomic E-state index is 11.8. The summed E-state index contributed by atoms with van der Waals surface area (Å²) in [6, 6.07) is 0. The summed E-state index contributed by atoms with van der Waals surface area (Å²) in [7, 11) is 0. The Balaban J connectivity index is 2.89. The van der Waals surface area contributed by atoms with E-state index in [2.05, 4.69) is 4.74 Å². The number of carbonyl (C=O) groups excluding carboxylic acids is 4. The Morgan fingerprint density at radius 1 is 1.10 bits per heavy atom. The smallest absolute Gasteiger partial charge is 0.352 e. The quantitative estimate of drug-likeness (QED) is 0.498. The second-order valence-corrected chi connectivity index (χ2v) is 4.37. The first kappa shape index (κ1) is 16.9. The minimum Gasteiger partial charge on any atom is -0.462 e. The Labute approximate surface area is 120 Å². The largest absolute Gasteiger partial charge is 0.462 e. The fraction of sp³-hybridized carbons (Fsp3) is 0.667. The second kappa shape index (κ2) is 7.02. The van der Waals surface area contributed by atoms with E-state index in [9.17, 15) is 24.3 Å². The lowest BCUT2D eigenvalue weighted by molar-refractivity contribution is -0.223. The third-order valence-electron chi connectivity index (χ3n) is 2.56. The Hall–Kier alpha value is -2.16. The van der Waals surface area contributed by atoms with Crippen LogP contribution in [0.3, 0.4) is 0 Å². The molecule has 1 aliphatic heterocycles. The highest BCUT2D eigenvalue weighted by Gasteiger charge is 2.49. The van der Waals surface area contributed by atoms with Crippen molar-refractivity contribution < 1.29 is 43.2 Å². The molecule has 0 aliphatic carbocycles. The van der Waals surface area contributed by atoms with Crippen LogP contribution >= 0.6 is 0 Å². The standard InChI is InChI=1S/C12H16O9/c1-5(13)18-4-8-9(16)10(19-6(2)14)11(12(17)21-8)20-7(3)15/h8-11,16H,4H2,1-3H3/t8-,9-,10+,11-/m1/s1. The Bertz CT molecular complexity index is 444. The predicted molar refractivity (Wildman–Crippen MR) is 63.6 cm³/mol. The van der Waals surface area contributed by atoms with E-state index in [1.165, 1.54) is 0 Å². The molecule has 0 radical (unpaired) electrons. The number of ether oxygens (including phenoxy) is 4. The van der Waals surface area contributed by atoms with Crippen molar-refractivity contribution in [2.24, 2.45) is 0 Å². The molecule has 1 saturated heterocycles. The van der Waals surface area contributed by atoms with Gasteiger partial charge in [0.05, 0.1) is 0 Å². The number of aliphatic hydroxyl groups is 1. The molecule has 9 heteroatoms. The molecule has 1 aliphatic rings. The molecule has 1 heterocycles. The summed E-state index contributed by atoms with van der Waals surface area (Å²) < 4.78 is 19.0. The summed E-state index contributed by atoms with van der Waals surface area (Å²) in [5, 5.41) is 10.1. The van der Waals surface area contributed by atoms with Crippen molar-refractivity contribution in [1.82, 2.24) is 0 Å². The summed E-state index contributed by atoms with van der Waals surface area (Å²) in [5.41, 5.74) is 0. The lowest BCUT2D eigenvalue weighted by Crippen LogP contribution is -2.59. The van der Waals surface area contributed by atoms with Crippen LogP contribution in [0.4, 0.5) is 0 Å². The first-order chi connectivity index (χ1) is 9.72. The molecule has 0 aromatic heterocycles. The molecule has 1 fully saturated rings. The van der Waals surface area contributed by atoms with Crippen LogP contribution in [0.25, 0.3) is 0 Å². The van der Waals surface area contributed by atoms with Crippen LogP contribution in [0.5, 0.6) is 0 Å². The van der Waals surface area contributed by atoms with E-state index in [1.807, 2.05) is 0 Å². The van der Waals surface area contributed by atoms with Gasteiger partial charge >= 0.3 is 23.9 Å². The minimum atomic E-state index is -1.57. The van der Waals surface area contributed by atoms with Gasteiger partial charge in [-0.15, -0.1) is 0 Å². The zero-order valence-corrected chi connectivity index (χ0v) is 11.7. The van der Waals surface area contributed by atoms with Gasteiger partial charge in [-0.1, -0.05) is 0 Å². The molecule has 0 saturated carbocycles. The number of aliphatic hydroxyl groups excluding tert-OH is 1. The Morgan fingerprint density at radius 3 is 2.14 bits per heavy atom. The summed E-state index contributed by atoms with van der Waals surface area (Å²) in [6.45, 7) is 2.85. The van der Waals surface area contributed by atoms with Crippen LogP contribution in [-0.2, 0) is 38.1 Å². The summed E-state index contributed by atoms with van der Waals surface area (Å²) in [5.74, 6) is -3.22. The molecular weight excluding hydrogens is 288 g/mol. The van der Waals surface area contributed by atoms with Gasteiger partial charge in [-0.25, -0.2) is 4.79 Å². The van der Waals surface area contributed by atoms with Crippen molar-refractivity contribution in [3.05, 3.63) is 0 Å². The van der Waals surface area contributed by atoms with Gasteiger partial charge in [-0.05, 0) is 0 Å². The zero-order valence-electron chi connectivity index (χ0n) is 11.7. The molecule has 1 N–H and O–H groups in total.